The monoisotopic (exact) mass is 471 g/mol. The van der Waals surface area contributed by atoms with Gasteiger partial charge in [0.15, 0.2) is 0 Å². The van der Waals surface area contributed by atoms with Crippen molar-refractivity contribution in [2.45, 2.75) is 11.4 Å². The third kappa shape index (κ3) is 4.24. The first-order valence-electron chi connectivity index (χ1n) is 11.9. The summed E-state index contributed by atoms with van der Waals surface area (Å²) in [6, 6.07) is 43.0. The first kappa shape index (κ1) is 23.7. The lowest BCUT2D eigenvalue weighted by molar-refractivity contribution is 0.123. The Morgan fingerprint density at radius 3 is 1.33 bits per heavy atom. The normalized spacial score (nSPS) is 11.9. The summed E-state index contributed by atoms with van der Waals surface area (Å²) >= 11 is 0. The summed E-state index contributed by atoms with van der Waals surface area (Å²) in [4.78, 5) is 0. The Balaban J connectivity index is 2.00. The molecule has 0 amide bonds. The van der Waals surface area contributed by atoms with Crippen LogP contribution in [-0.4, -0.2) is 5.11 Å². The van der Waals surface area contributed by atoms with Crippen LogP contribution in [0.5, 0.6) is 0 Å². The van der Waals surface area contributed by atoms with Crippen LogP contribution in [0.2, 0.25) is 0 Å². The predicted octanol–water partition coefficient (Wildman–Crippen LogP) is 5.29. The van der Waals surface area contributed by atoms with Crippen LogP contribution in [0.15, 0.2) is 133 Å². The molecule has 0 aromatic heterocycles. The average molecular weight is 472 g/mol. The second-order valence-electron chi connectivity index (χ2n) is 9.02. The van der Waals surface area contributed by atoms with E-state index in [1.807, 2.05) is 121 Å². The Kier molecular flexibility index (Phi) is 6.27. The van der Waals surface area contributed by atoms with Gasteiger partial charge in [-0.2, -0.15) is 0 Å². The summed E-state index contributed by atoms with van der Waals surface area (Å²) < 4.78 is 0. The van der Waals surface area contributed by atoms with E-state index in [0.717, 1.165) is 22.3 Å². The Bertz CT molecular complexity index is 1410. The summed E-state index contributed by atoms with van der Waals surface area (Å²) in [6.07, 6.45) is 0. The molecular formula is C32H29N3O. The molecule has 5 rings (SSSR count). The van der Waals surface area contributed by atoms with E-state index in [-0.39, 0.29) is 0 Å². The van der Waals surface area contributed by atoms with Gasteiger partial charge in [0.05, 0.1) is 0 Å². The van der Waals surface area contributed by atoms with Crippen molar-refractivity contribution in [3.8, 4) is 22.3 Å². The number of hydrogen-bond donors (Lipinski definition) is 4. The quantitative estimate of drug-likeness (QED) is 0.200. The second-order valence-corrected chi connectivity index (χ2v) is 9.02. The maximum absolute atomic E-state index is 12.9. The van der Waals surface area contributed by atoms with E-state index in [0.29, 0.717) is 22.3 Å². The topological polar surface area (TPSA) is 98.3 Å². The van der Waals surface area contributed by atoms with Crippen molar-refractivity contribution in [2.75, 3.05) is 0 Å². The third-order valence-electron chi connectivity index (χ3n) is 6.56. The van der Waals surface area contributed by atoms with E-state index >= 15 is 0 Å². The van der Waals surface area contributed by atoms with Gasteiger partial charge in [-0.1, -0.05) is 133 Å². The molecule has 0 spiro atoms. The van der Waals surface area contributed by atoms with E-state index in [1.165, 1.54) is 0 Å². The second kappa shape index (κ2) is 9.53. The molecule has 0 aliphatic rings. The maximum atomic E-state index is 12.9. The van der Waals surface area contributed by atoms with Gasteiger partial charge in [0.1, 0.15) is 11.4 Å². The number of benzene rings is 5. The zero-order valence-electron chi connectivity index (χ0n) is 19.9. The minimum absolute atomic E-state index is 0.455. The third-order valence-corrected chi connectivity index (χ3v) is 6.56. The van der Waals surface area contributed by atoms with Crippen molar-refractivity contribution in [2.24, 2.45) is 17.2 Å². The van der Waals surface area contributed by atoms with Gasteiger partial charge in [0.25, 0.3) is 0 Å². The fourth-order valence-corrected chi connectivity index (χ4v) is 4.92. The molecule has 0 bridgehead atoms. The van der Waals surface area contributed by atoms with E-state index in [2.05, 4.69) is 12.1 Å². The van der Waals surface area contributed by atoms with Crippen molar-refractivity contribution in [1.29, 1.82) is 0 Å². The molecule has 4 heteroatoms. The van der Waals surface area contributed by atoms with Gasteiger partial charge < -0.3 is 5.11 Å². The highest BCUT2D eigenvalue weighted by molar-refractivity contribution is 5.88. The van der Waals surface area contributed by atoms with Crippen molar-refractivity contribution in [3.63, 3.8) is 0 Å². The van der Waals surface area contributed by atoms with Crippen LogP contribution in [0.3, 0.4) is 0 Å². The lowest BCUT2D eigenvalue weighted by Crippen LogP contribution is -2.56. The minimum Gasteiger partial charge on any atom is -0.376 e. The predicted molar refractivity (Wildman–Crippen MR) is 147 cm³/mol. The smallest absolute Gasteiger partial charge is 0.143 e. The van der Waals surface area contributed by atoms with E-state index in [4.69, 9.17) is 17.2 Å². The van der Waals surface area contributed by atoms with Gasteiger partial charge >= 0.3 is 0 Å². The molecule has 5 aromatic rings. The summed E-state index contributed by atoms with van der Waals surface area (Å²) in [5.74, 6) is -1.70. The van der Waals surface area contributed by atoms with Crippen molar-refractivity contribution < 1.29 is 5.11 Å². The average Bonchev–Trinajstić information content (AvgIpc) is 2.93. The zero-order chi connectivity index (χ0) is 25.2. The van der Waals surface area contributed by atoms with Gasteiger partial charge in [-0.25, -0.2) is 0 Å². The fraction of sp³-hybridized carbons (Fsp3) is 0.0625. The molecule has 5 aromatic carbocycles. The Hall–Kier alpha value is -4.06. The van der Waals surface area contributed by atoms with Crippen molar-refractivity contribution in [3.05, 3.63) is 156 Å². The van der Waals surface area contributed by atoms with Gasteiger partial charge in [-0.15, -0.1) is 0 Å². The number of nitrogens with two attached hydrogens (primary N) is 3. The molecule has 0 atom stereocenters. The van der Waals surface area contributed by atoms with E-state index < -0.39 is 11.4 Å². The van der Waals surface area contributed by atoms with Crippen molar-refractivity contribution >= 4 is 0 Å². The molecule has 4 nitrogen and oxygen atoms in total. The lowest BCUT2D eigenvalue weighted by Gasteiger charge is -2.37. The van der Waals surface area contributed by atoms with E-state index in [9.17, 15) is 5.11 Å². The molecule has 0 fully saturated rings. The van der Waals surface area contributed by atoms with Gasteiger partial charge in [-0.3, -0.25) is 17.2 Å². The van der Waals surface area contributed by atoms with Crippen LogP contribution in [0.25, 0.3) is 22.3 Å². The van der Waals surface area contributed by atoms with Crippen LogP contribution in [-0.2, 0) is 11.4 Å². The van der Waals surface area contributed by atoms with Crippen LogP contribution < -0.4 is 17.2 Å². The van der Waals surface area contributed by atoms with Gasteiger partial charge in [0, 0.05) is 11.1 Å². The number of aliphatic hydroxyl groups is 1. The fourth-order valence-electron chi connectivity index (χ4n) is 4.92. The Morgan fingerprint density at radius 2 is 0.889 bits per heavy atom. The Labute approximate surface area is 211 Å². The van der Waals surface area contributed by atoms with Crippen LogP contribution in [0.1, 0.15) is 22.3 Å². The Morgan fingerprint density at radius 1 is 0.472 bits per heavy atom. The minimum atomic E-state index is -1.70. The molecule has 0 saturated heterocycles. The summed E-state index contributed by atoms with van der Waals surface area (Å²) in [6.45, 7) is 0. The van der Waals surface area contributed by atoms with Gasteiger partial charge in [-0.05, 0) is 33.4 Å². The lowest BCUT2D eigenvalue weighted by atomic mass is 9.72. The maximum Gasteiger partial charge on any atom is 0.143 e. The van der Waals surface area contributed by atoms with Crippen LogP contribution in [0.4, 0.5) is 0 Å². The molecule has 36 heavy (non-hydrogen) atoms. The molecule has 0 aliphatic heterocycles. The SMILES string of the molecule is NC(N)(N)c1ccc(-c2ccccc2)c(-c2ccccc2)c1C(O)(c1ccccc1)c1ccccc1. The van der Waals surface area contributed by atoms with Crippen LogP contribution in [0, 0.1) is 0 Å². The molecule has 7 N–H and O–H groups in total. The zero-order valence-corrected chi connectivity index (χ0v) is 19.9. The van der Waals surface area contributed by atoms with Crippen molar-refractivity contribution in [1.82, 2.24) is 0 Å². The first-order valence-corrected chi connectivity index (χ1v) is 11.9. The molecular weight excluding hydrogens is 442 g/mol. The molecule has 0 radical (unpaired) electrons. The summed E-state index contributed by atoms with van der Waals surface area (Å²) in [7, 11) is 0. The molecule has 0 aliphatic carbocycles. The molecule has 0 saturated carbocycles. The highest BCUT2D eigenvalue weighted by Crippen LogP contribution is 2.47. The molecule has 0 heterocycles. The number of rotatable bonds is 6. The molecule has 0 unspecified atom stereocenters. The largest absolute Gasteiger partial charge is 0.376 e. The van der Waals surface area contributed by atoms with E-state index in [1.54, 1.807) is 0 Å². The standard InChI is InChI=1S/C32H29N3O/c33-32(34,35)28-22-21-27(23-13-5-1-6-14-23)29(24-15-7-2-8-16-24)30(28)31(36,25-17-9-3-10-18-25)26-19-11-4-12-20-26/h1-22,36H,33-35H2. The van der Waals surface area contributed by atoms with Crippen LogP contribution >= 0.6 is 0 Å². The van der Waals surface area contributed by atoms with Gasteiger partial charge in [0.2, 0.25) is 0 Å². The first-order chi connectivity index (χ1) is 17.4. The number of hydrogen-bond acceptors (Lipinski definition) is 4. The molecule has 178 valence electrons. The summed E-state index contributed by atoms with van der Waals surface area (Å²) in [5.41, 5.74) is 23.6. The summed E-state index contributed by atoms with van der Waals surface area (Å²) in [5, 5.41) is 12.9. The highest BCUT2D eigenvalue weighted by atomic mass is 16.3. The highest BCUT2D eigenvalue weighted by Gasteiger charge is 2.41.